The number of esters is 1. The molecule has 2 heterocycles. The van der Waals surface area contributed by atoms with E-state index in [2.05, 4.69) is 4.98 Å². The second-order valence-electron chi connectivity index (χ2n) is 9.19. The SMILES string of the molecule is COC(=O)c1cccc2c1C(=O)C=C1N(C(=O)c3cc4cc(OC)c(OC)c(OC)c4[nH]3)C[C@H]3CC123. The molecule has 1 N–H and O–H groups in total. The third kappa shape index (κ3) is 2.73. The lowest BCUT2D eigenvalue weighted by Crippen LogP contribution is -2.34. The number of methoxy groups -OCH3 is 4. The molecule has 1 amide bonds. The molecule has 6 rings (SSSR count). The number of benzene rings is 2. The standard InChI is InChI=1S/C27H24N2O7/c1-33-19-9-13-8-17(28-22(13)24(35-3)23(19)34-2)25(31)29-12-14-11-27(14)16-7-5-6-15(26(32)36-4)21(16)18(30)10-20(27)29/h5-10,14,28H,11-12H2,1-4H3/t14-,27?/m1/s1. The Kier molecular flexibility index (Phi) is 4.70. The van der Waals surface area contributed by atoms with Gasteiger partial charge in [0.05, 0.1) is 39.5 Å². The fourth-order valence-electron chi connectivity index (χ4n) is 5.96. The van der Waals surface area contributed by atoms with Gasteiger partial charge in [0.15, 0.2) is 17.3 Å². The van der Waals surface area contributed by atoms with Crippen LogP contribution in [0.25, 0.3) is 10.9 Å². The number of aromatic nitrogens is 1. The highest BCUT2D eigenvalue weighted by Crippen LogP contribution is 2.67. The topological polar surface area (TPSA) is 107 Å². The Hall–Kier alpha value is -4.27. The average molecular weight is 488 g/mol. The van der Waals surface area contributed by atoms with Crippen LogP contribution in [0.3, 0.4) is 0 Å². The number of fused-ring (bicyclic) bond motifs is 2. The van der Waals surface area contributed by atoms with Crippen molar-refractivity contribution in [1.82, 2.24) is 9.88 Å². The molecule has 36 heavy (non-hydrogen) atoms. The molecule has 9 nitrogen and oxygen atoms in total. The third-order valence-corrected chi connectivity index (χ3v) is 7.62. The molecule has 3 aliphatic rings. The number of carbonyl (C=O) groups is 3. The normalized spacial score (nSPS) is 21.3. The Morgan fingerprint density at radius 1 is 1.06 bits per heavy atom. The minimum Gasteiger partial charge on any atom is -0.493 e. The highest BCUT2D eigenvalue weighted by atomic mass is 16.5. The molecule has 9 heteroatoms. The Labute approximate surface area is 206 Å². The van der Waals surface area contributed by atoms with Crippen molar-refractivity contribution in [2.45, 2.75) is 11.8 Å². The summed E-state index contributed by atoms with van der Waals surface area (Å²) in [5.74, 6) is 0.422. The summed E-state index contributed by atoms with van der Waals surface area (Å²) >= 11 is 0. The van der Waals surface area contributed by atoms with Crippen molar-refractivity contribution in [2.24, 2.45) is 5.92 Å². The van der Waals surface area contributed by atoms with Crippen molar-refractivity contribution < 1.29 is 33.3 Å². The predicted molar refractivity (Wildman–Crippen MR) is 129 cm³/mol. The summed E-state index contributed by atoms with van der Waals surface area (Å²) in [6.45, 7) is 0.485. The first kappa shape index (κ1) is 22.2. The van der Waals surface area contributed by atoms with Gasteiger partial charge < -0.3 is 28.8 Å². The van der Waals surface area contributed by atoms with E-state index < -0.39 is 11.4 Å². The van der Waals surface area contributed by atoms with E-state index >= 15 is 0 Å². The molecule has 3 aromatic rings. The van der Waals surface area contributed by atoms with Crippen LogP contribution in [0.15, 0.2) is 42.1 Å². The van der Waals surface area contributed by atoms with Crippen LogP contribution in [-0.4, -0.2) is 62.5 Å². The van der Waals surface area contributed by atoms with Gasteiger partial charge >= 0.3 is 5.97 Å². The number of nitrogens with zero attached hydrogens (tertiary/aromatic N) is 1. The quantitative estimate of drug-likeness (QED) is 0.548. The highest BCUT2D eigenvalue weighted by Gasteiger charge is 2.67. The van der Waals surface area contributed by atoms with E-state index in [1.165, 1.54) is 34.5 Å². The average Bonchev–Trinajstić information content (AvgIpc) is 3.29. The molecule has 2 aliphatic carbocycles. The van der Waals surface area contributed by atoms with Crippen LogP contribution in [0.2, 0.25) is 0 Å². The van der Waals surface area contributed by atoms with Crippen molar-refractivity contribution in [1.29, 1.82) is 0 Å². The van der Waals surface area contributed by atoms with E-state index in [0.29, 0.717) is 46.3 Å². The number of aromatic amines is 1. The van der Waals surface area contributed by atoms with Crippen molar-refractivity contribution in [3.63, 3.8) is 0 Å². The largest absolute Gasteiger partial charge is 0.493 e. The first-order valence-corrected chi connectivity index (χ1v) is 11.5. The number of nitrogens with one attached hydrogen (secondary N) is 1. The van der Waals surface area contributed by atoms with Crippen LogP contribution in [0.5, 0.6) is 17.2 Å². The van der Waals surface area contributed by atoms with Crippen LogP contribution in [0.4, 0.5) is 0 Å². The van der Waals surface area contributed by atoms with Gasteiger partial charge in [-0.25, -0.2) is 4.79 Å². The van der Waals surface area contributed by atoms with Gasteiger partial charge in [-0.2, -0.15) is 0 Å². The molecule has 1 spiro atoms. The van der Waals surface area contributed by atoms with Gasteiger partial charge in [0.1, 0.15) is 5.69 Å². The lowest BCUT2D eigenvalue weighted by molar-refractivity contribution is 0.0596. The van der Waals surface area contributed by atoms with E-state index in [-0.39, 0.29) is 23.2 Å². The monoisotopic (exact) mass is 488 g/mol. The maximum atomic E-state index is 13.7. The van der Waals surface area contributed by atoms with Gasteiger partial charge in [0.25, 0.3) is 5.91 Å². The summed E-state index contributed by atoms with van der Waals surface area (Å²) in [4.78, 5) is 44.2. The summed E-state index contributed by atoms with van der Waals surface area (Å²) < 4.78 is 21.3. The molecule has 184 valence electrons. The Morgan fingerprint density at radius 3 is 2.53 bits per heavy atom. The number of ether oxygens (including phenoxy) is 4. The summed E-state index contributed by atoms with van der Waals surface area (Å²) in [5.41, 5.74) is 2.62. The zero-order chi connectivity index (χ0) is 25.4. The molecule has 1 aliphatic heterocycles. The molecular weight excluding hydrogens is 464 g/mol. The zero-order valence-corrected chi connectivity index (χ0v) is 20.3. The molecular formula is C27H24N2O7. The number of amides is 1. The number of allylic oxidation sites excluding steroid dienone is 2. The van der Waals surface area contributed by atoms with Gasteiger partial charge in [0.2, 0.25) is 5.75 Å². The van der Waals surface area contributed by atoms with Gasteiger partial charge in [-0.15, -0.1) is 0 Å². The summed E-state index contributed by atoms with van der Waals surface area (Å²) in [6.07, 6.45) is 2.33. The number of likely N-dealkylation sites (tertiary alicyclic amines) is 1. The number of hydrogen-bond donors (Lipinski definition) is 1. The van der Waals surface area contributed by atoms with Crippen molar-refractivity contribution in [2.75, 3.05) is 35.0 Å². The van der Waals surface area contributed by atoms with Crippen molar-refractivity contribution in [3.05, 3.63) is 64.5 Å². The Bertz CT molecular complexity index is 1520. The molecule has 2 fully saturated rings. The van der Waals surface area contributed by atoms with Crippen LogP contribution in [0.1, 0.15) is 43.2 Å². The number of H-pyrrole nitrogens is 1. The first-order valence-electron chi connectivity index (χ1n) is 11.5. The number of piperidine rings is 1. The summed E-state index contributed by atoms with van der Waals surface area (Å²) in [6, 6.07) is 8.77. The maximum Gasteiger partial charge on any atom is 0.338 e. The highest BCUT2D eigenvalue weighted by molar-refractivity contribution is 6.15. The second kappa shape index (κ2) is 7.61. The molecule has 0 bridgehead atoms. The maximum absolute atomic E-state index is 13.7. The molecule has 0 radical (unpaired) electrons. The fraction of sp³-hybridized carbons (Fsp3) is 0.296. The lowest BCUT2D eigenvalue weighted by atomic mass is 9.79. The first-order chi connectivity index (χ1) is 17.4. The number of hydrogen-bond acceptors (Lipinski definition) is 7. The zero-order valence-electron chi connectivity index (χ0n) is 20.3. The van der Waals surface area contributed by atoms with E-state index in [9.17, 15) is 14.4 Å². The number of rotatable bonds is 5. The summed E-state index contributed by atoms with van der Waals surface area (Å²) in [7, 11) is 5.88. The lowest BCUT2D eigenvalue weighted by Gasteiger charge is -2.29. The Balaban J connectivity index is 1.42. The van der Waals surface area contributed by atoms with E-state index in [1.54, 1.807) is 29.2 Å². The van der Waals surface area contributed by atoms with E-state index in [0.717, 1.165) is 17.4 Å². The van der Waals surface area contributed by atoms with E-state index in [1.807, 2.05) is 6.07 Å². The van der Waals surface area contributed by atoms with Gasteiger partial charge in [-0.3, -0.25) is 9.59 Å². The Morgan fingerprint density at radius 2 is 1.83 bits per heavy atom. The minimum atomic E-state index is -0.547. The number of carbonyl (C=O) groups excluding carboxylic acids is 3. The van der Waals surface area contributed by atoms with Crippen LogP contribution in [-0.2, 0) is 10.2 Å². The molecule has 1 saturated heterocycles. The van der Waals surface area contributed by atoms with Gasteiger partial charge in [-0.1, -0.05) is 12.1 Å². The van der Waals surface area contributed by atoms with Gasteiger partial charge in [0, 0.05) is 34.7 Å². The predicted octanol–water partition coefficient (Wildman–Crippen LogP) is 3.47. The third-order valence-electron chi connectivity index (χ3n) is 7.62. The fourth-order valence-corrected chi connectivity index (χ4v) is 5.96. The molecule has 1 unspecified atom stereocenters. The second-order valence-corrected chi connectivity index (χ2v) is 9.19. The number of ketones is 1. The van der Waals surface area contributed by atoms with Crippen LogP contribution in [0, 0.1) is 5.92 Å². The van der Waals surface area contributed by atoms with Crippen LogP contribution < -0.4 is 14.2 Å². The van der Waals surface area contributed by atoms with E-state index in [4.69, 9.17) is 18.9 Å². The molecule has 1 saturated carbocycles. The van der Waals surface area contributed by atoms with Crippen LogP contribution >= 0.6 is 0 Å². The molecule has 2 atom stereocenters. The van der Waals surface area contributed by atoms with Crippen molar-refractivity contribution >= 4 is 28.6 Å². The minimum absolute atomic E-state index is 0.173. The smallest absolute Gasteiger partial charge is 0.338 e. The van der Waals surface area contributed by atoms with Gasteiger partial charge in [-0.05, 0) is 36.1 Å². The molecule has 1 aromatic heterocycles. The van der Waals surface area contributed by atoms with Crippen molar-refractivity contribution in [3.8, 4) is 17.2 Å². The summed E-state index contributed by atoms with van der Waals surface area (Å²) in [5, 5.41) is 0.730. The molecule has 2 aromatic carbocycles.